The molecule has 0 saturated carbocycles. The van der Waals surface area contributed by atoms with E-state index in [2.05, 4.69) is 31.1 Å². The zero-order valence-corrected chi connectivity index (χ0v) is 16.6. The predicted molar refractivity (Wildman–Crippen MR) is 105 cm³/mol. The summed E-state index contributed by atoms with van der Waals surface area (Å²) in [5, 5.41) is 3.62. The van der Waals surface area contributed by atoms with E-state index in [1.807, 2.05) is 12.1 Å². The molecule has 4 nitrogen and oxygen atoms in total. The highest BCUT2D eigenvalue weighted by Gasteiger charge is 2.40. The van der Waals surface area contributed by atoms with Crippen molar-refractivity contribution < 1.29 is 12.8 Å². The summed E-state index contributed by atoms with van der Waals surface area (Å²) in [5.41, 5.74) is 2.22. The average Bonchev–Trinajstić information content (AvgIpc) is 2.77. The molecule has 2 aliphatic rings. The van der Waals surface area contributed by atoms with Crippen LogP contribution in [-0.2, 0) is 9.84 Å². The summed E-state index contributed by atoms with van der Waals surface area (Å²) < 4.78 is 39.2. The summed E-state index contributed by atoms with van der Waals surface area (Å²) in [4.78, 5) is 2.70. The molecule has 4 atom stereocenters. The van der Waals surface area contributed by atoms with Crippen LogP contribution in [0.2, 0.25) is 0 Å². The van der Waals surface area contributed by atoms with Gasteiger partial charge in [-0.2, -0.15) is 0 Å². The second kappa shape index (κ2) is 6.60. The van der Waals surface area contributed by atoms with Crippen molar-refractivity contribution in [3.63, 3.8) is 0 Å². The first-order valence-corrected chi connectivity index (χ1v) is 10.9. The zero-order valence-electron chi connectivity index (χ0n) is 15.8. The van der Waals surface area contributed by atoms with Crippen LogP contribution in [0.15, 0.2) is 52.3 Å². The number of nitrogens with one attached hydrogen (secondary N) is 1. The van der Waals surface area contributed by atoms with Crippen LogP contribution in [0.4, 0.5) is 10.1 Å². The summed E-state index contributed by atoms with van der Waals surface area (Å²) in [6, 6.07) is 11.6. The van der Waals surface area contributed by atoms with Crippen molar-refractivity contribution in [1.29, 1.82) is 0 Å². The number of likely N-dealkylation sites (N-methyl/N-ethyl adjacent to an activating group) is 1. The molecular weight excluding hydrogens is 363 g/mol. The SMILES string of the molecule is CC1C[C@H]2c3cc(S(=O)(=O)c4ccc(F)cc4)ccc3N(C)[C@H]2CC(C)N1. The van der Waals surface area contributed by atoms with Crippen LogP contribution in [0.1, 0.15) is 38.2 Å². The van der Waals surface area contributed by atoms with E-state index in [1.165, 1.54) is 24.3 Å². The number of rotatable bonds is 2. The Bertz CT molecular complexity index is 959. The number of hydrogen-bond donors (Lipinski definition) is 1. The number of benzene rings is 2. The second-order valence-electron chi connectivity index (χ2n) is 7.90. The predicted octanol–water partition coefficient (Wildman–Crippen LogP) is 3.72. The van der Waals surface area contributed by atoms with Crippen molar-refractivity contribution in [2.24, 2.45) is 0 Å². The molecule has 2 aromatic rings. The van der Waals surface area contributed by atoms with Crippen LogP contribution in [-0.4, -0.2) is 33.6 Å². The fourth-order valence-electron chi connectivity index (χ4n) is 4.69. The minimum absolute atomic E-state index is 0.122. The maximum Gasteiger partial charge on any atom is 0.206 e. The van der Waals surface area contributed by atoms with E-state index >= 15 is 0 Å². The third kappa shape index (κ3) is 3.15. The second-order valence-corrected chi connectivity index (χ2v) is 9.85. The highest BCUT2D eigenvalue weighted by Crippen LogP contribution is 2.46. The van der Waals surface area contributed by atoms with Gasteiger partial charge in [0.15, 0.2) is 0 Å². The lowest BCUT2D eigenvalue weighted by atomic mass is 9.88. The van der Waals surface area contributed by atoms with Crippen molar-refractivity contribution in [3.05, 3.63) is 53.8 Å². The molecule has 1 fully saturated rings. The van der Waals surface area contributed by atoms with Gasteiger partial charge >= 0.3 is 0 Å². The molecule has 0 spiro atoms. The van der Waals surface area contributed by atoms with Crippen molar-refractivity contribution in [1.82, 2.24) is 5.32 Å². The van der Waals surface area contributed by atoms with Crippen LogP contribution in [0.25, 0.3) is 0 Å². The van der Waals surface area contributed by atoms with Crippen LogP contribution < -0.4 is 10.2 Å². The van der Waals surface area contributed by atoms with E-state index in [0.717, 1.165) is 24.1 Å². The molecular formula is C21H25FN2O2S. The van der Waals surface area contributed by atoms with Gasteiger partial charge in [-0.05, 0) is 74.7 Å². The maximum atomic E-state index is 13.2. The Morgan fingerprint density at radius 1 is 1.00 bits per heavy atom. The maximum absolute atomic E-state index is 13.2. The number of hydrogen-bond acceptors (Lipinski definition) is 4. The third-order valence-electron chi connectivity index (χ3n) is 5.95. The van der Waals surface area contributed by atoms with E-state index < -0.39 is 15.7 Å². The van der Waals surface area contributed by atoms with Gasteiger partial charge in [0.2, 0.25) is 9.84 Å². The minimum Gasteiger partial charge on any atom is -0.371 e. The summed E-state index contributed by atoms with van der Waals surface area (Å²) in [6.45, 7) is 4.40. The van der Waals surface area contributed by atoms with Gasteiger partial charge in [0, 0.05) is 36.8 Å². The molecule has 0 bridgehead atoms. The van der Waals surface area contributed by atoms with E-state index in [-0.39, 0.29) is 9.79 Å². The molecule has 144 valence electrons. The van der Waals surface area contributed by atoms with Gasteiger partial charge in [0.05, 0.1) is 9.79 Å². The topological polar surface area (TPSA) is 49.4 Å². The van der Waals surface area contributed by atoms with Gasteiger partial charge in [-0.15, -0.1) is 0 Å². The molecule has 1 saturated heterocycles. The van der Waals surface area contributed by atoms with Crippen molar-refractivity contribution in [2.45, 2.75) is 60.5 Å². The highest BCUT2D eigenvalue weighted by molar-refractivity contribution is 7.91. The molecule has 27 heavy (non-hydrogen) atoms. The summed E-state index contributed by atoms with van der Waals surface area (Å²) >= 11 is 0. The van der Waals surface area contributed by atoms with Gasteiger partial charge in [0.1, 0.15) is 5.82 Å². The monoisotopic (exact) mass is 388 g/mol. The van der Waals surface area contributed by atoms with Gasteiger partial charge in [-0.1, -0.05) is 0 Å². The van der Waals surface area contributed by atoms with E-state index in [0.29, 0.717) is 24.0 Å². The molecule has 0 aromatic heterocycles. The molecule has 0 radical (unpaired) electrons. The van der Waals surface area contributed by atoms with Gasteiger partial charge in [0.25, 0.3) is 0 Å². The average molecular weight is 389 g/mol. The lowest BCUT2D eigenvalue weighted by molar-refractivity contribution is 0.466. The lowest BCUT2D eigenvalue weighted by Gasteiger charge is -2.26. The Morgan fingerprint density at radius 3 is 2.33 bits per heavy atom. The molecule has 2 aromatic carbocycles. The van der Waals surface area contributed by atoms with Crippen molar-refractivity contribution in [3.8, 4) is 0 Å². The Balaban J connectivity index is 1.76. The smallest absolute Gasteiger partial charge is 0.206 e. The number of anilines is 1. The first-order valence-electron chi connectivity index (χ1n) is 9.41. The van der Waals surface area contributed by atoms with Crippen LogP contribution >= 0.6 is 0 Å². The van der Waals surface area contributed by atoms with Gasteiger partial charge < -0.3 is 10.2 Å². The van der Waals surface area contributed by atoms with E-state index in [9.17, 15) is 12.8 Å². The summed E-state index contributed by atoms with van der Waals surface area (Å²) in [6.07, 6.45) is 2.01. The van der Waals surface area contributed by atoms with E-state index in [4.69, 9.17) is 0 Å². The molecule has 2 heterocycles. The van der Waals surface area contributed by atoms with Crippen LogP contribution in [0, 0.1) is 5.82 Å². The number of nitrogens with zero attached hydrogens (tertiary/aromatic N) is 1. The van der Waals surface area contributed by atoms with Gasteiger partial charge in [-0.3, -0.25) is 0 Å². The quantitative estimate of drug-likeness (QED) is 0.797. The first-order chi connectivity index (χ1) is 12.8. The van der Waals surface area contributed by atoms with Crippen LogP contribution in [0.5, 0.6) is 0 Å². The molecule has 6 heteroatoms. The third-order valence-corrected chi connectivity index (χ3v) is 7.71. The fourth-order valence-corrected chi connectivity index (χ4v) is 5.99. The molecule has 1 N–H and O–H groups in total. The standard InChI is InChI=1S/C21H25FN2O2S/c1-13-10-18-19-12-17(27(25,26)16-6-4-15(22)5-7-16)8-9-20(19)24(3)21(18)11-14(2)23-13/h4-9,12-14,18,21,23H,10-11H2,1-3H3/t13?,14?,18-,21-/m0/s1. The molecule has 2 aliphatic heterocycles. The molecule has 0 aliphatic carbocycles. The lowest BCUT2D eigenvalue weighted by Crippen LogP contribution is -2.36. The van der Waals surface area contributed by atoms with E-state index in [1.54, 1.807) is 6.07 Å². The van der Waals surface area contributed by atoms with Gasteiger partial charge in [-0.25, -0.2) is 12.8 Å². The Morgan fingerprint density at radius 2 is 1.63 bits per heavy atom. The summed E-state index contributed by atoms with van der Waals surface area (Å²) in [7, 11) is -1.57. The largest absolute Gasteiger partial charge is 0.371 e. The van der Waals surface area contributed by atoms with Crippen molar-refractivity contribution in [2.75, 3.05) is 11.9 Å². The Hall–Kier alpha value is -1.92. The molecule has 2 unspecified atom stereocenters. The number of sulfone groups is 1. The van der Waals surface area contributed by atoms with Crippen LogP contribution in [0.3, 0.4) is 0 Å². The highest BCUT2D eigenvalue weighted by atomic mass is 32.2. The molecule has 4 rings (SSSR count). The van der Waals surface area contributed by atoms with Crippen molar-refractivity contribution >= 4 is 15.5 Å². The summed E-state index contributed by atoms with van der Waals surface area (Å²) in [5.74, 6) is -0.137. The Labute approximate surface area is 160 Å². The molecule has 0 amide bonds. The number of halogens is 1. The zero-order chi connectivity index (χ0) is 19.3. The normalized spacial score (nSPS) is 27.8. The fraction of sp³-hybridized carbons (Fsp3) is 0.429. The number of fused-ring (bicyclic) bond motifs is 3. The first kappa shape index (κ1) is 18.4. The minimum atomic E-state index is -3.67. The Kier molecular flexibility index (Phi) is 4.51.